The molecule has 80 valence electrons. The van der Waals surface area contributed by atoms with Crippen LogP contribution in [0.4, 0.5) is 0 Å². The summed E-state index contributed by atoms with van der Waals surface area (Å²) >= 11 is 0. The molecule has 1 aliphatic heterocycles. The highest BCUT2D eigenvalue weighted by molar-refractivity contribution is 5.77. The summed E-state index contributed by atoms with van der Waals surface area (Å²) in [6.45, 7) is 1.37. The Morgan fingerprint density at radius 3 is 2.86 bits per heavy atom. The van der Waals surface area contributed by atoms with Gasteiger partial charge < -0.3 is 15.8 Å². The van der Waals surface area contributed by atoms with E-state index in [4.69, 9.17) is 10.5 Å². The molecule has 1 aliphatic carbocycles. The van der Waals surface area contributed by atoms with Crippen molar-refractivity contribution >= 4 is 5.91 Å². The molecule has 4 nitrogen and oxygen atoms in total. The molecule has 0 bridgehead atoms. The van der Waals surface area contributed by atoms with Crippen LogP contribution in [0.5, 0.6) is 0 Å². The summed E-state index contributed by atoms with van der Waals surface area (Å²) in [5, 5.41) is 3.00. The van der Waals surface area contributed by atoms with E-state index in [9.17, 15) is 4.79 Å². The largest absolute Gasteiger partial charge is 0.378 e. The van der Waals surface area contributed by atoms with Gasteiger partial charge >= 0.3 is 0 Å². The topological polar surface area (TPSA) is 64.3 Å². The van der Waals surface area contributed by atoms with E-state index < -0.39 is 0 Å². The highest BCUT2D eigenvalue weighted by Crippen LogP contribution is 2.34. The van der Waals surface area contributed by atoms with Crippen LogP contribution in [0.15, 0.2) is 0 Å². The van der Waals surface area contributed by atoms with Crippen molar-refractivity contribution < 1.29 is 9.53 Å². The van der Waals surface area contributed by atoms with E-state index in [1.165, 1.54) is 0 Å². The molecule has 1 atom stereocenters. The summed E-state index contributed by atoms with van der Waals surface area (Å²) in [6.07, 6.45) is 4.80. The first-order chi connectivity index (χ1) is 6.74. The maximum atomic E-state index is 11.6. The van der Waals surface area contributed by atoms with Gasteiger partial charge in [0.05, 0.1) is 18.1 Å². The molecule has 1 saturated heterocycles. The first-order valence-corrected chi connectivity index (χ1v) is 5.37. The molecule has 3 N–H and O–H groups in total. The van der Waals surface area contributed by atoms with Crippen LogP contribution in [0.25, 0.3) is 0 Å². The van der Waals surface area contributed by atoms with Crippen molar-refractivity contribution in [1.82, 2.24) is 5.32 Å². The molecular formula is C10H18N2O2. The molecule has 4 heteroatoms. The highest BCUT2D eigenvalue weighted by atomic mass is 16.5. The standard InChI is InChI=1S/C10H18N2O2/c11-7-10(3-4-10)12-9(13)6-8-2-1-5-14-8/h8H,1-7,11H2,(H,12,13). The van der Waals surface area contributed by atoms with Crippen molar-refractivity contribution in [2.75, 3.05) is 13.2 Å². The number of carbonyl (C=O) groups is 1. The lowest BCUT2D eigenvalue weighted by Crippen LogP contribution is -2.43. The van der Waals surface area contributed by atoms with Crippen molar-refractivity contribution in [2.45, 2.75) is 43.7 Å². The van der Waals surface area contributed by atoms with Crippen LogP contribution in [-0.4, -0.2) is 30.7 Å². The lowest BCUT2D eigenvalue weighted by Gasteiger charge is -2.16. The SMILES string of the molecule is NCC1(NC(=O)CC2CCCO2)CC1. The fraction of sp³-hybridized carbons (Fsp3) is 0.900. The number of hydrogen-bond acceptors (Lipinski definition) is 3. The average molecular weight is 198 g/mol. The zero-order valence-corrected chi connectivity index (χ0v) is 8.42. The first kappa shape index (κ1) is 9.93. The van der Waals surface area contributed by atoms with Crippen molar-refractivity contribution in [2.24, 2.45) is 5.73 Å². The van der Waals surface area contributed by atoms with Crippen LogP contribution in [0.1, 0.15) is 32.1 Å². The lowest BCUT2D eigenvalue weighted by molar-refractivity contribution is -0.124. The molecule has 14 heavy (non-hydrogen) atoms. The van der Waals surface area contributed by atoms with E-state index in [0.717, 1.165) is 32.3 Å². The Labute approximate surface area is 84.2 Å². The van der Waals surface area contributed by atoms with Gasteiger partial charge in [0, 0.05) is 13.2 Å². The monoisotopic (exact) mass is 198 g/mol. The van der Waals surface area contributed by atoms with Crippen LogP contribution < -0.4 is 11.1 Å². The number of nitrogens with two attached hydrogens (primary N) is 1. The first-order valence-electron chi connectivity index (χ1n) is 5.37. The molecule has 0 aromatic rings. The molecule has 1 amide bonds. The van der Waals surface area contributed by atoms with Crippen LogP contribution in [0.2, 0.25) is 0 Å². The quantitative estimate of drug-likeness (QED) is 0.676. The second-order valence-corrected chi connectivity index (χ2v) is 4.37. The summed E-state index contributed by atoms with van der Waals surface area (Å²) < 4.78 is 5.40. The van der Waals surface area contributed by atoms with Crippen LogP contribution in [0.3, 0.4) is 0 Å². The van der Waals surface area contributed by atoms with Gasteiger partial charge in [-0.05, 0) is 25.7 Å². The molecule has 0 aromatic carbocycles. The van der Waals surface area contributed by atoms with Gasteiger partial charge in [-0.15, -0.1) is 0 Å². The second-order valence-electron chi connectivity index (χ2n) is 4.37. The zero-order chi connectivity index (χ0) is 10.0. The average Bonchev–Trinajstić information content (AvgIpc) is 2.74. The third kappa shape index (κ3) is 2.25. The number of amides is 1. The summed E-state index contributed by atoms with van der Waals surface area (Å²) in [5.41, 5.74) is 5.52. The Morgan fingerprint density at radius 2 is 2.36 bits per heavy atom. The molecule has 0 aromatic heterocycles. The maximum Gasteiger partial charge on any atom is 0.223 e. The predicted molar refractivity (Wildman–Crippen MR) is 52.8 cm³/mol. The fourth-order valence-electron chi connectivity index (χ4n) is 1.89. The van der Waals surface area contributed by atoms with Gasteiger partial charge in [-0.3, -0.25) is 4.79 Å². The Balaban J connectivity index is 1.73. The third-order valence-corrected chi connectivity index (χ3v) is 3.09. The van der Waals surface area contributed by atoms with E-state index in [2.05, 4.69) is 5.32 Å². The Bertz CT molecular complexity index is 220. The number of carbonyl (C=O) groups excluding carboxylic acids is 1. The minimum Gasteiger partial charge on any atom is -0.378 e. The van der Waals surface area contributed by atoms with Gasteiger partial charge in [-0.25, -0.2) is 0 Å². The van der Waals surface area contributed by atoms with Crippen molar-refractivity contribution in [1.29, 1.82) is 0 Å². The molecule has 0 radical (unpaired) electrons. The van der Waals surface area contributed by atoms with E-state index in [0.29, 0.717) is 13.0 Å². The van der Waals surface area contributed by atoms with Crippen molar-refractivity contribution in [3.05, 3.63) is 0 Å². The summed E-state index contributed by atoms with van der Waals surface area (Å²) in [4.78, 5) is 11.6. The molecule has 1 saturated carbocycles. The lowest BCUT2D eigenvalue weighted by atomic mass is 10.1. The number of hydrogen-bond donors (Lipinski definition) is 2. The van der Waals surface area contributed by atoms with E-state index in [1.807, 2.05) is 0 Å². The second kappa shape index (κ2) is 3.87. The van der Waals surface area contributed by atoms with Crippen molar-refractivity contribution in [3.8, 4) is 0 Å². The molecule has 1 heterocycles. The van der Waals surface area contributed by atoms with Gasteiger partial charge in [-0.1, -0.05) is 0 Å². The Morgan fingerprint density at radius 1 is 1.57 bits per heavy atom. The van der Waals surface area contributed by atoms with E-state index in [-0.39, 0.29) is 17.6 Å². The van der Waals surface area contributed by atoms with Gasteiger partial charge in [0.25, 0.3) is 0 Å². The maximum absolute atomic E-state index is 11.6. The van der Waals surface area contributed by atoms with Crippen molar-refractivity contribution in [3.63, 3.8) is 0 Å². The smallest absolute Gasteiger partial charge is 0.223 e. The number of rotatable bonds is 4. The van der Waals surface area contributed by atoms with Crippen LogP contribution in [0, 0.1) is 0 Å². The molecule has 2 fully saturated rings. The van der Waals surface area contributed by atoms with Gasteiger partial charge in [0.15, 0.2) is 0 Å². The van der Waals surface area contributed by atoms with E-state index in [1.54, 1.807) is 0 Å². The minimum atomic E-state index is -0.0598. The predicted octanol–water partition coefficient (Wildman–Crippen LogP) is 0.163. The highest BCUT2D eigenvalue weighted by Gasteiger charge is 2.42. The zero-order valence-electron chi connectivity index (χ0n) is 8.42. The third-order valence-electron chi connectivity index (χ3n) is 3.09. The Hall–Kier alpha value is -0.610. The Kier molecular flexibility index (Phi) is 2.74. The normalized spacial score (nSPS) is 28.8. The number of nitrogens with one attached hydrogen (secondary N) is 1. The molecule has 2 rings (SSSR count). The molecule has 0 spiro atoms. The summed E-state index contributed by atoms with van der Waals surface area (Å²) in [5.74, 6) is 0.0971. The molecule has 2 aliphatic rings. The van der Waals surface area contributed by atoms with Gasteiger partial charge in [0.1, 0.15) is 0 Å². The molecular weight excluding hydrogens is 180 g/mol. The van der Waals surface area contributed by atoms with Crippen LogP contribution in [-0.2, 0) is 9.53 Å². The number of ether oxygens (including phenoxy) is 1. The van der Waals surface area contributed by atoms with Gasteiger partial charge in [-0.2, -0.15) is 0 Å². The summed E-state index contributed by atoms with van der Waals surface area (Å²) in [7, 11) is 0. The van der Waals surface area contributed by atoms with Gasteiger partial charge in [0.2, 0.25) is 5.91 Å². The fourth-order valence-corrected chi connectivity index (χ4v) is 1.89. The summed E-state index contributed by atoms with van der Waals surface area (Å²) in [6, 6.07) is 0. The van der Waals surface area contributed by atoms with E-state index >= 15 is 0 Å². The van der Waals surface area contributed by atoms with Crippen LogP contribution >= 0.6 is 0 Å². The molecule has 1 unspecified atom stereocenters. The minimum absolute atomic E-state index is 0.0598.